The molecule has 0 aromatic heterocycles. The first kappa shape index (κ1) is 19.4. The molecular weight excluding hydrogens is 362 g/mol. The maximum Gasteiger partial charge on any atom is 0.239 e. The van der Waals surface area contributed by atoms with E-state index in [9.17, 15) is 9.59 Å². The molecule has 0 fully saturated rings. The van der Waals surface area contributed by atoms with Crippen LogP contribution in [0.15, 0.2) is 48.5 Å². The summed E-state index contributed by atoms with van der Waals surface area (Å²) >= 11 is 0. The fourth-order valence-corrected chi connectivity index (χ4v) is 4.52. The number of nitrogens with two attached hydrogens (primary N) is 1. The van der Waals surface area contributed by atoms with Crippen LogP contribution in [0.4, 0.5) is 0 Å². The van der Waals surface area contributed by atoms with Crippen LogP contribution in [0, 0.1) is 5.92 Å². The number of nitrogens with one attached hydrogen (secondary N) is 2. The summed E-state index contributed by atoms with van der Waals surface area (Å²) in [4.78, 5) is 23.2. The number of hydrogen-bond donors (Lipinski definition) is 3. The van der Waals surface area contributed by atoms with Gasteiger partial charge in [-0.15, -0.1) is 12.4 Å². The zero-order chi connectivity index (χ0) is 18.1. The van der Waals surface area contributed by atoms with Gasteiger partial charge in [0.15, 0.2) is 0 Å². The van der Waals surface area contributed by atoms with Crippen molar-refractivity contribution < 1.29 is 9.59 Å². The Morgan fingerprint density at radius 3 is 2.00 bits per heavy atom. The van der Waals surface area contributed by atoms with E-state index in [1.807, 2.05) is 0 Å². The molecule has 0 saturated carbocycles. The number of amides is 2. The van der Waals surface area contributed by atoms with Gasteiger partial charge in [-0.25, -0.2) is 0 Å². The maximum atomic E-state index is 12.0. The molecule has 27 heavy (non-hydrogen) atoms. The van der Waals surface area contributed by atoms with Crippen LogP contribution < -0.4 is 16.4 Å². The van der Waals surface area contributed by atoms with Crippen molar-refractivity contribution in [1.82, 2.24) is 10.6 Å². The molecule has 3 aliphatic rings. The van der Waals surface area contributed by atoms with Gasteiger partial charge in [-0.05, 0) is 34.6 Å². The largest absolute Gasteiger partial charge is 0.354 e. The Balaban J connectivity index is 0.00000210. The zero-order valence-corrected chi connectivity index (χ0v) is 15.8. The zero-order valence-electron chi connectivity index (χ0n) is 15.0. The smallest absolute Gasteiger partial charge is 0.239 e. The minimum atomic E-state index is -0.320. The number of carbonyl (C=O) groups is 2. The molecule has 5 nitrogen and oxygen atoms in total. The van der Waals surface area contributed by atoms with Gasteiger partial charge in [0.1, 0.15) is 0 Å². The van der Waals surface area contributed by atoms with Gasteiger partial charge in [0.25, 0.3) is 0 Å². The normalized spacial score (nSPS) is 21.4. The molecule has 4 N–H and O–H groups in total. The summed E-state index contributed by atoms with van der Waals surface area (Å²) in [6.07, 6.45) is 1.04. The molecule has 1 atom stereocenters. The molecule has 2 aromatic carbocycles. The third kappa shape index (κ3) is 3.57. The molecule has 0 radical (unpaired) electrons. The second kappa shape index (κ2) is 8.11. The van der Waals surface area contributed by atoms with Gasteiger partial charge in [0, 0.05) is 18.4 Å². The first-order chi connectivity index (χ1) is 12.7. The number of halogens is 1. The molecule has 0 saturated heterocycles. The number of rotatable bonds is 5. The topological polar surface area (TPSA) is 84.2 Å². The molecular formula is C21H24ClN3O2. The monoisotopic (exact) mass is 385 g/mol. The predicted molar refractivity (Wildman–Crippen MR) is 107 cm³/mol. The Morgan fingerprint density at radius 2 is 1.44 bits per heavy atom. The van der Waals surface area contributed by atoms with E-state index < -0.39 is 0 Å². The average molecular weight is 386 g/mol. The van der Waals surface area contributed by atoms with Crippen molar-refractivity contribution >= 4 is 24.2 Å². The maximum absolute atomic E-state index is 12.0. The molecule has 6 heteroatoms. The molecule has 1 unspecified atom stereocenters. The Morgan fingerprint density at radius 1 is 0.889 bits per heavy atom. The van der Waals surface area contributed by atoms with Crippen molar-refractivity contribution in [3.8, 4) is 0 Å². The first-order valence-electron chi connectivity index (χ1n) is 9.10. The van der Waals surface area contributed by atoms with Crippen LogP contribution in [0.1, 0.15) is 40.5 Å². The third-order valence-corrected chi connectivity index (χ3v) is 5.62. The van der Waals surface area contributed by atoms with E-state index in [-0.39, 0.29) is 37.3 Å². The van der Waals surface area contributed by atoms with E-state index in [1.165, 1.54) is 22.3 Å². The first-order valence-corrected chi connectivity index (χ1v) is 9.10. The quantitative estimate of drug-likeness (QED) is 0.734. The third-order valence-electron chi connectivity index (χ3n) is 5.62. The lowest BCUT2D eigenvalue weighted by molar-refractivity contribution is -0.125. The molecule has 5 rings (SSSR count). The van der Waals surface area contributed by atoms with Crippen LogP contribution in [0.2, 0.25) is 0 Å². The van der Waals surface area contributed by atoms with Crippen LogP contribution in [-0.2, 0) is 9.59 Å². The van der Waals surface area contributed by atoms with Crippen molar-refractivity contribution in [2.24, 2.45) is 11.7 Å². The van der Waals surface area contributed by atoms with Gasteiger partial charge < -0.3 is 16.4 Å². The van der Waals surface area contributed by atoms with E-state index in [2.05, 4.69) is 59.2 Å². The summed E-state index contributed by atoms with van der Waals surface area (Å²) in [7, 11) is 0. The van der Waals surface area contributed by atoms with Gasteiger partial charge in [-0.1, -0.05) is 48.5 Å². The molecule has 3 aliphatic carbocycles. The van der Waals surface area contributed by atoms with E-state index in [0.717, 1.165) is 6.42 Å². The Bertz CT molecular complexity index is 807. The van der Waals surface area contributed by atoms with Gasteiger partial charge in [0.05, 0.1) is 13.1 Å². The van der Waals surface area contributed by atoms with Gasteiger partial charge in [-0.3, -0.25) is 9.59 Å². The second-order valence-corrected chi connectivity index (χ2v) is 7.07. The molecule has 2 bridgehead atoms. The highest BCUT2D eigenvalue weighted by Gasteiger charge is 2.42. The fourth-order valence-electron chi connectivity index (χ4n) is 4.52. The standard InChI is InChI=1S/C21H23N3O2.ClH/c22-10-19(25)24-12-20(26)23-11-13-9-18-14-5-1-3-7-16(14)21(13)17-8-4-2-6-15(17)18;/h1-8,13,18,21H,9-12,22H2,(H,23,26)(H,24,25);1H. The fraction of sp³-hybridized carbons (Fsp3) is 0.333. The Labute approximate surface area is 165 Å². The SMILES string of the molecule is Cl.NCC(=O)NCC(=O)NCC1CC2c3ccccc3C1c1ccccc12. The van der Waals surface area contributed by atoms with E-state index >= 15 is 0 Å². The minimum Gasteiger partial charge on any atom is -0.354 e. The summed E-state index contributed by atoms with van der Waals surface area (Å²) in [5.74, 6) is 0.575. The summed E-state index contributed by atoms with van der Waals surface area (Å²) in [6, 6.07) is 17.3. The lowest BCUT2D eigenvalue weighted by Crippen LogP contribution is -2.43. The summed E-state index contributed by atoms with van der Waals surface area (Å²) in [6.45, 7) is 0.485. The number of benzene rings is 2. The lowest BCUT2D eigenvalue weighted by atomic mass is 9.59. The van der Waals surface area contributed by atoms with Crippen LogP contribution in [0.3, 0.4) is 0 Å². The number of hydrogen-bond acceptors (Lipinski definition) is 3. The van der Waals surface area contributed by atoms with Gasteiger partial charge in [0.2, 0.25) is 11.8 Å². The highest BCUT2D eigenvalue weighted by Crippen LogP contribution is 2.54. The van der Waals surface area contributed by atoms with Crippen molar-refractivity contribution in [3.05, 3.63) is 70.8 Å². The van der Waals surface area contributed by atoms with Crippen molar-refractivity contribution in [3.63, 3.8) is 0 Å². The molecule has 0 aliphatic heterocycles. The van der Waals surface area contributed by atoms with Crippen LogP contribution >= 0.6 is 12.4 Å². The van der Waals surface area contributed by atoms with Crippen LogP contribution in [0.25, 0.3) is 0 Å². The van der Waals surface area contributed by atoms with Crippen molar-refractivity contribution in [2.75, 3.05) is 19.6 Å². The molecule has 0 spiro atoms. The average Bonchev–Trinajstić information content (AvgIpc) is 2.70. The van der Waals surface area contributed by atoms with Crippen molar-refractivity contribution in [2.45, 2.75) is 18.3 Å². The Hall–Kier alpha value is -2.37. The predicted octanol–water partition coefficient (Wildman–Crippen LogP) is 1.90. The molecule has 2 aromatic rings. The van der Waals surface area contributed by atoms with E-state index in [1.54, 1.807) is 0 Å². The van der Waals surface area contributed by atoms with Gasteiger partial charge in [-0.2, -0.15) is 0 Å². The molecule has 2 amide bonds. The van der Waals surface area contributed by atoms with Crippen molar-refractivity contribution in [1.29, 1.82) is 0 Å². The van der Waals surface area contributed by atoms with E-state index in [4.69, 9.17) is 5.73 Å². The second-order valence-electron chi connectivity index (χ2n) is 7.07. The summed E-state index contributed by atoms with van der Waals surface area (Å²) < 4.78 is 0. The summed E-state index contributed by atoms with van der Waals surface area (Å²) in [5.41, 5.74) is 10.9. The highest BCUT2D eigenvalue weighted by molar-refractivity contribution is 5.85. The van der Waals surface area contributed by atoms with Crippen LogP contribution in [0.5, 0.6) is 0 Å². The van der Waals surface area contributed by atoms with E-state index in [0.29, 0.717) is 24.3 Å². The number of carbonyl (C=O) groups excluding carboxylic acids is 2. The van der Waals surface area contributed by atoms with Crippen LogP contribution in [-0.4, -0.2) is 31.4 Å². The minimum absolute atomic E-state index is 0. The number of fused-ring (bicyclic) bond motifs is 1. The van der Waals surface area contributed by atoms with Gasteiger partial charge >= 0.3 is 0 Å². The summed E-state index contributed by atoms with van der Waals surface area (Å²) in [5, 5.41) is 5.49. The highest BCUT2D eigenvalue weighted by atomic mass is 35.5. The lowest BCUT2D eigenvalue weighted by Gasteiger charge is -2.45. The molecule has 142 valence electrons. The molecule has 0 heterocycles. The Kier molecular flexibility index (Phi) is 5.82.